The van der Waals surface area contributed by atoms with Gasteiger partial charge in [-0.2, -0.15) is 5.10 Å². The van der Waals surface area contributed by atoms with Crippen molar-refractivity contribution >= 4 is 21.6 Å². The van der Waals surface area contributed by atoms with Crippen LogP contribution < -0.4 is 15.0 Å². The van der Waals surface area contributed by atoms with Crippen molar-refractivity contribution in [2.75, 3.05) is 13.2 Å². The van der Waals surface area contributed by atoms with Gasteiger partial charge in [0, 0.05) is 23.2 Å². The molecule has 9 heteroatoms. The van der Waals surface area contributed by atoms with E-state index in [2.05, 4.69) is 9.82 Å². The van der Waals surface area contributed by atoms with Gasteiger partial charge in [-0.15, -0.1) is 0 Å². The summed E-state index contributed by atoms with van der Waals surface area (Å²) >= 11 is 5.93. The number of sulfonamides is 1. The van der Waals surface area contributed by atoms with E-state index in [0.29, 0.717) is 23.1 Å². The molecule has 0 bridgehead atoms. The van der Waals surface area contributed by atoms with Crippen LogP contribution in [0.15, 0.2) is 64.3 Å². The van der Waals surface area contributed by atoms with Gasteiger partial charge in [-0.3, -0.25) is 4.79 Å². The molecule has 3 rings (SSSR count). The predicted octanol–water partition coefficient (Wildman–Crippen LogP) is 4.06. The Morgan fingerprint density at radius 2 is 1.81 bits per heavy atom. The number of hydrogen-bond donors (Lipinski definition) is 1. The van der Waals surface area contributed by atoms with Gasteiger partial charge < -0.3 is 4.74 Å². The van der Waals surface area contributed by atoms with Gasteiger partial charge in [0.05, 0.1) is 18.8 Å². The zero-order chi connectivity index (χ0) is 23.3. The predicted molar refractivity (Wildman–Crippen MR) is 126 cm³/mol. The Kier molecular flexibility index (Phi) is 7.71. The quantitative estimate of drug-likeness (QED) is 0.504. The molecular formula is C23H26ClN3O4S. The first kappa shape index (κ1) is 24.0. The molecule has 0 unspecified atom stereocenters. The average molecular weight is 476 g/mol. The van der Waals surface area contributed by atoms with E-state index in [-0.39, 0.29) is 29.5 Å². The summed E-state index contributed by atoms with van der Waals surface area (Å²) in [5, 5.41) is 4.95. The highest BCUT2D eigenvalue weighted by atomic mass is 35.5. The van der Waals surface area contributed by atoms with E-state index >= 15 is 0 Å². The summed E-state index contributed by atoms with van der Waals surface area (Å²) < 4.78 is 35.3. The molecule has 0 aliphatic carbocycles. The molecule has 1 heterocycles. The Balaban J connectivity index is 1.79. The molecule has 1 aromatic heterocycles. The average Bonchev–Trinajstić information content (AvgIpc) is 2.76. The number of nitrogens with one attached hydrogen (secondary N) is 1. The maximum absolute atomic E-state index is 13.0. The van der Waals surface area contributed by atoms with Crippen molar-refractivity contribution in [2.45, 2.75) is 38.1 Å². The minimum atomic E-state index is -3.85. The number of hydrogen-bond acceptors (Lipinski definition) is 5. The SMILES string of the molecule is CCOc1ccc(C(C)C)cc1S(=O)(=O)NCCn1nc(-c2ccc(Cl)cc2)ccc1=O. The van der Waals surface area contributed by atoms with E-state index in [0.717, 1.165) is 11.1 Å². The Bertz CT molecular complexity index is 1240. The van der Waals surface area contributed by atoms with Crippen molar-refractivity contribution in [1.29, 1.82) is 0 Å². The van der Waals surface area contributed by atoms with E-state index < -0.39 is 10.0 Å². The van der Waals surface area contributed by atoms with Crippen molar-refractivity contribution < 1.29 is 13.2 Å². The van der Waals surface area contributed by atoms with Crippen LogP contribution in [0.5, 0.6) is 5.75 Å². The molecule has 0 saturated carbocycles. The molecule has 0 aliphatic rings. The summed E-state index contributed by atoms with van der Waals surface area (Å²) in [5.74, 6) is 0.461. The molecule has 0 aliphatic heterocycles. The van der Waals surface area contributed by atoms with Gasteiger partial charge in [0.2, 0.25) is 10.0 Å². The topological polar surface area (TPSA) is 90.3 Å². The summed E-state index contributed by atoms with van der Waals surface area (Å²) in [6.07, 6.45) is 0. The van der Waals surface area contributed by atoms with Crippen molar-refractivity contribution in [1.82, 2.24) is 14.5 Å². The maximum atomic E-state index is 13.0. The summed E-state index contributed by atoms with van der Waals surface area (Å²) in [4.78, 5) is 12.3. The van der Waals surface area contributed by atoms with Crippen molar-refractivity contribution in [3.63, 3.8) is 0 Å². The van der Waals surface area contributed by atoms with Crippen molar-refractivity contribution in [3.05, 3.63) is 75.5 Å². The number of ether oxygens (including phenoxy) is 1. The van der Waals surface area contributed by atoms with Crippen LogP contribution >= 0.6 is 11.6 Å². The summed E-state index contributed by atoms with van der Waals surface area (Å²) in [5.41, 5.74) is 1.96. The summed E-state index contributed by atoms with van der Waals surface area (Å²) in [6, 6.07) is 15.3. The summed E-state index contributed by atoms with van der Waals surface area (Å²) in [7, 11) is -3.85. The molecule has 2 aromatic carbocycles. The number of benzene rings is 2. The lowest BCUT2D eigenvalue weighted by molar-refractivity contribution is 0.330. The highest BCUT2D eigenvalue weighted by Crippen LogP contribution is 2.28. The lowest BCUT2D eigenvalue weighted by Crippen LogP contribution is -2.32. The monoisotopic (exact) mass is 475 g/mol. The smallest absolute Gasteiger partial charge is 0.266 e. The highest BCUT2D eigenvalue weighted by Gasteiger charge is 2.21. The number of halogens is 1. The van der Waals surface area contributed by atoms with E-state index in [1.54, 1.807) is 49.4 Å². The fraction of sp³-hybridized carbons (Fsp3) is 0.304. The molecule has 3 aromatic rings. The summed E-state index contributed by atoms with van der Waals surface area (Å²) in [6.45, 7) is 6.20. The van der Waals surface area contributed by atoms with Gasteiger partial charge in [-0.1, -0.05) is 43.6 Å². The third kappa shape index (κ3) is 5.76. The molecule has 32 heavy (non-hydrogen) atoms. The van der Waals surface area contributed by atoms with Gasteiger partial charge in [-0.25, -0.2) is 17.8 Å². The fourth-order valence-electron chi connectivity index (χ4n) is 3.12. The van der Waals surface area contributed by atoms with Crippen LogP contribution in [0.1, 0.15) is 32.3 Å². The molecule has 0 radical (unpaired) electrons. The Morgan fingerprint density at radius 1 is 1.09 bits per heavy atom. The number of aromatic nitrogens is 2. The standard InChI is InChI=1S/C23H26ClN3O4S/c1-4-31-21-11-7-18(16(2)3)15-22(21)32(29,30)25-13-14-27-23(28)12-10-20(26-27)17-5-8-19(24)9-6-17/h5-12,15-16,25H,4,13-14H2,1-3H3. The Labute approximate surface area is 193 Å². The highest BCUT2D eigenvalue weighted by molar-refractivity contribution is 7.89. The second-order valence-electron chi connectivity index (χ2n) is 7.48. The first-order valence-corrected chi connectivity index (χ1v) is 12.2. The minimum absolute atomic E-state index is 0.00319. The van der Waals surface area contributed by atoms with Crippen LogP contribution in [0, 0.1) is 0 Å². The third-order valence-electron chi connectivity index (χ3n) is 4.85. The van der Waals surface area contributed by atoms with Crippen LogP contribution in [0.3, 0.4) is 0 Å². The molecule has 0 fully saturated rings. The zero-order valence-corrected chi connectivity index (χ0v) is 19.8. The van der Waals surface area contributed by atoms with Gasteiger partial charge >= 0.3 is 0 Å². The molecule has 0 saturated heterocycles. The molecule has 1 N–H and O–H groups in total. The van der Waals surface area contributed by atoms with Gasteiger partial charge in [0.25, 0.3) is 5.56 Å². The van der Waals surface area contributed by atoms with E-state index in [4.69, 9.17) is 16.3 Å². The second-order valence-corrected chi connectivity index (χ2v) is 9.65. The molecule has 7 nitrogen and oxygen atoms in total. The molecule has 170 valence electrons. The maximum Gasteiger partial charge on any atom is 0.266 e. The minimum Gasteiger partial charge on any atom is -0.492 e. The van der Waals surface area contributed by atoms with Gasteiger partial charge in [0.1, 0.15) is 10.6 Å². The second kappa shape index (κ2) is 10.3. The first-order chi connectivity index (χ1) is 15.2. The lowest BCUT2D eigenvalue weighted by atomic mass is 10.0. The Hall–Kier alpha value is -2.68. The number of rotatable bonds is 9. The van der Waals surface area contributed by atoms with Crippen LogP contribution in [-0.2, 0) is 16.6 Å². The fourth-order valence-corrected chi connectivity index (χ4v) is 4.44. The van der Waals surface area contributed by atoms with E-state index in [1.165, 1.54) is 10.7 Å². The van der Waals surface area contributed by atoms with Crippen LogP contribution in [0.25, 0.3) is 11.3 Å². The van der Waals surface area contributed by atoms with Crippen LogP contribution in [0.4, 0.5) is 0 Å². The largest absolute Gasteiger partial charge is 0.492 e. The van der Waals surface area contributed by atoms with E-state index in [1.807, 2.05) is 19.9 Å². The molecular weight excluding hydrogens is 450 g/mol. The van der Waals surface area contributed by atoms with Crippen molar-refractivity contribution in [3.8, 4) is 17.0 Å². The zero-order valence-electron chi connectivity index (χ0n) is 18.2. The van der Waals surface area contributed by atoms with Gasteiger partial charge in [-0.05, 0) is 48.7 Å². The first-order valence-electron chi connectivity index (χ1n) is 10.3. The molecule has 0 amide bonds. The normalized spacial score (nSPS) is 11.7. The van der Waals surface area contributed by atoms with E-state index in [9.17, 15) is 13.2 Å². The molecule has 0 atom stereocenters. The molecule has 0 spiro atoms. The third-order valence-corrected chi connectivity index (χ3v) is 6.58. The van der Waals surface area contributed by atoms with Crippen molar-refractivity contribution in [2.24, 2.45) is 0 Å². The van der Waals surface area contributed by atoms with Crippen LogP contribution in [-0.4, -0.2) is 31.3 Å². The van der Waals surface area contributed by atoms with Gasteiger partial charge in [0.15, 0.2) is 0 Å². The number of nitrogens with zero attached hydrogens (tertiary/aromatic N) is 2. The lowest BCUT2D eigenvalue weighted by Gasteiger charge is -2.15. The van der Waals surface area contributed by atoms with Crippen LogP contribution in [0.2, 0.25) is 5.02 Å². The Morgan fingerprint density at radius 3 is 2.47 bits per heavy atom.